The predicted octanol–water partition coefficient (Wildman–Crippen LogP) is 13.8. The number of carbonyl (C=O) groups excluding carboxylic acids is 4. The Balaban J connectivity index is 0.000000196. The molecule has 6 N–H and O–H groups in total. The lowest BCUT2D eigenvalue weighted by molar-refractivity contribution is -0.124. The molecular weight excluding hydrogens is 1000 g/mol. The highest BCUT2D eigenvalue weighted by Gasteiger charge is 2.34. The van der Waals surface area contributed by atoms with Gasteiger partial charge in [0.1, 0.15) is 0 Å². The molecule has 2 unspecified atom stereocenters. The van der Waals surface area contributed by atoms with Gasteiger partial charge in [0, 0.05) is 78.8 Å². The summed E-state index contributed by atoms with van der Waals surface area (Å²) in [5, 5.41) is 12.4. The molecule has 0 saturated carbocycles. The van der Waals surface area contributed by atoms with E-state index in [9.17, 15) is 19.2 Å². The summed E-state index contributed by atoms with van der Waals surface area (Å²) in [5.74, 6) is 0.340. The van der Waals surface area contributed by atoms with Crippen molar-refractivity contribution in [3.63, 3.8) is 0 Å². The van der Waals surface area contributed by atoms with Gasteiger partial charge in [0.05, 0.1) is 11.8 Å². The van der Waals surface area contributed by atoms with Crippen LogP contribution in [0.3, 0.4) is 0 Å². The Morgan fingerprint density at radius 2 is 0.815 bits per heavy atom. The monoisotopic (exact) mass is 1080 g/mol. The van der Waals surface area contributed by atoms with Gasteiger partial charge in [-0.3, -0.25) is 19.2 Å². The van der Waals surface area contributed by atoms with Crippen molar-refractivity contribution >= 4 is 52.1 Å². The van der Waals surface area contributed by atoms with Crippen LogP contribution in [0.1, 0.15) is 96.1 Å². The smallest absolute Gasteiger partial charge is 0.256 e. The van der Waals surface area contributed by atoms with Gasteiger partial charge in [0.25, 0.3) is 11.8 Å². The molecule has 4 amide bonds. The molecule has 2 aliphatic rings. The molecule has 81 heavy (non-hydrogen) atoms. The van der Waals surface area contributed by atoms with E-state index in [1.807, 2.05) is 164 Å². The zero-order valence-corrected chi connectivity index (χ0v) is 46.6. The molecule has 2 fully saturated rings. The molecule has 2 atom stereocenters. The van der Waals surface area contributed by atoms with E-state index in [-0.39, 0.29) is 35.5 Å². The lowest BCUT2D eigenvalue weighted by Gasteiger charge is -2.37. The van der Waals surface area contributed by atoms with E-state index in [2.05, 4.69) is 93.4 Å². The maximum atomic E-state index is 13.2. The number of nitrogen functional groups attached to an aromatic ring is 1. The Kier molecular flexibility index (Phi) is 19.8. The molecular formula is C70H75N7O4. The van der Waals surface area contributed by atoms with Crippen LogP contribution >= 0.6 is 0 Å². The summed E-state index contributed by atoms with van der Waals surface area (Å²) in [5.41, 5.74) is 17.5. The first-order valence-corrected chi connectivity index (χ1v) is 28.7. The molecule has 8 aromatic rings. The van der Waals surface area contributed by atoms with Gasteiger partial charge >= 0.3 is 0 Å². The Bertz CT molecular complexity index is 3300. The van der Waals surface area contributed by atoms with Crippen LogP contribution in [0, 0.1) is 11.8 Å². The SMILES string of the molecule is CCCNC(=O)C(c1ccccc1)C1CCN(c2ccc(NC(=O)c3ccccc3-c3cccc(N)c3)cc2)CC1.CCCNC(=O)C(c1ccccc1)C1CCN(c2ccc(NC(=O)c3ccccc3-c3ccccc3)cc2)CC1. The molecule has 2 aliphatic heterocycles. The van der Waals surface area contributed by atoms with E-state index in [0.29, 0.717) is 41.7 Å². The number of nitrogens with zero attached hydrogens (tertiary/aromatic N) is 2. The summed E-state index contributed by atoms with van der Waals surface area (Å²) in [6.45, 7) is 9.13. The van der Waals surface area contributed by atoms with Crippen molar-refractivity contribution in [1.29, 1.82) is 0 Å². The maximum Gasteiger partial charge on any atom is 0.256 e. The van der Waals surface area contributed by atoms with E-state index in [1.54, 1.807) is 0 Å². The van der Waals surface area contributed by atoms with E-state index in [0.717, 1.165) is 121 Å². The number of carbonyl (C=O) groups is 4. The minimum atomic E-state index is -0.162. The summed E-state index contributed by atoms with van der Waals surface area (Å²) < 4.78 is 0. The highest BCUT2D eigenvalue weighted by atomic mass is 16.2. The van der Waals surface area contributed by atoms with Gasteiger partial charge in [-0.2, -0.15) is 0 Å². The molecule has 2 heterocycles. The predicted molar refractivity (Wildman–Crippen MR) is 332 cm³/mol. The number of rotatable bonds is 18. The van der Waals surface area contributed by atoms with Gasteiger partial charge < -0.3 is 36.8 Å². The fraction of sp³-hybridized carbons (Fsp3) is 0.257. The quantitative estimate of drug-likeness (QED) is 0.0537. The number of amides is 4. The maximum absolute atomic E-state index is 13.2. The highest BCUT2D eigenvalue weighted by molar-refractivity contribution is 6.09. The molecule has 0 aliphatic carbocycles. The van der Waals surface area contributed by atoms with Crippen LogP contribution in [0.2, 0.25) is 0 Å². The molecule has 0 spiro atoms. The standard InChI is InChI=1S/C35H38N4O2.C35H37N3O2/c1-2-21-37-35(41)33(25-9-4-3-5-10-25)26-19-22-39(23-20-26)30-17-15-29(16-18-30)38-34(40)32-14-7-6-13-31(32)27-11-8-12-28(36)24-27;1-2-23-36-35(40)33(27-13-7-4-8-14-27)28-21-24-38(25-22-28)30-19-17-29(18-20-30)37-34(39)32-16-10-9-15-31(32)26-11-5-3-6-12-26/h3-18,24,26,33H,2,19-23,36H2,1H3,(H,37,41)(H,38,40);3-20,28,33H,2,21-25H2,1H3,(H,36,40)(H,37,39). The number of benzene rings is 8. The minimum Gasteiger partial charge on any atom is -0.399 e. The molecule has 2 saturated heterocycles. The van der Waals surface area contributed by atoms with Crippen LogP contribution in [0.4, 0.5) is 28.4 Å². The molecule has 414 valence electrons. The number of piperidine rings is 2. The van der Waals surface area contributed by atoms with E-state index >= 15 is 0 Å². The van der Waals surface area contributed by atoms with Crippen molar-refractivity contribution in [1.82, 2.24) is 10.6 Å². The first kappa shape index (κ1) is 56.7. The lowest BCUT2D eigenvalue weighted by Crippen LogP contribution is -2.40. The van der Waals surface area contributed by atoms with Crippen LogP contribution in [-0.2, 0) is 9.59 Å². The van der Waals surface area contributed by atoms with E-state index < -0.39 is 0 Å². The van der Waals surface area contributed by atoms with E-state index in [4.69, 9.17) is 5.73 Å². The Morgan fingerprint density at radius 3 is 1.22 bits per heavy atom. The van der Waals surface area contributed by atoms with Crippen molar-refractivity contribution < 1.29 is 19.2 Å². The second kappa shape index (κ2) is 28.3. The van der Waals surface area contributed by atoms with Crippen molar-refractivity contribution in [3.05, 3.63) is 235 Å². The minimum absolute atomic E-state index is 0.119. The van der Waals surface area contributed by atoms with Crippen LogP contribution in [0.15, 0.2) is 212 Å². The number of hydrogen-bond acceptors (Lipinski definition) is 7. The third-order valence-corrected chi connectivity index (χ3v) is 15.6. The van der Waals surface area contributed by atoms with Gasteiger partial charge in [-0.25, -0.2) is 0 Å². The molecule has 11 heteroatoms. The van der Waals surface area contributed by atoms with Crippen molar-refractivity contribution in [2.24, 2.45) is 11.8 Å². The Hall–Kier alpha value is -8.96. The first-order chi connectivity index (χ1) is 39.7. The Morgan fingerprint density at radius 1 is 0.444 bits per heavy atom. The molecule has 0 aromatic heterocycles. The average Bonchev–Trinajstić information content (AvgIpc) is 3.59. The molecule has 8 aromatic carbocycles. The van der Waals surface area contributed by atoms with Gasteiger partial charge in [-0.1, -0.05) is 153 Å². The summed E-state index contributed by atoms with van der Waals surface area (Å²) in [6.07, 6.45) is 5.65. The summed E-state index contributed by atoms with van der Waals surface area (Å²) in [6, 6.07) is 69.2. The molecule has 11 nitrogen and oxygen atoms in total. The summed E-state index contributed by atoms with van der Waals surface area (Å²) in [7, 11) is 0. The van der Waals surface area contributed by atoms with Crippen molar-refractivity contribution in [2.75, 3.05) is 65.4 Å². The zero-order valence-electron chi connectivity index (χ0n) is 46.6. The second-order valence-electron chi connectivity index (χ2n) is 21.1. The fourth-order valence-electron chi connectivity index (χ4n) is 11.4. The highest BCUT2D eigenvalue weighted by Crippen LogP contribution is 2.37. The van der Waals surface area contributed by atoms with Gasteiger partial charge in [-0.05, 0) is 157 Å². The van der Waals surface area contributed by atoms with Crippen LogP contribution in [0.25, 0.3) is 22.3 Å². The van der Waals surface area contributed by atoms with E-state index in [1.165, 1.54) is 0 Å². The normalized spacial score (nSPS) is 14.3. The Labute approximate surface area is 478 Å². The number of hydrogen-bond donors (Lipinski definition) is 5. The van der Waals surface area contributed by atoms with Crippen LogP contribution in [-0.4, -0.2) is 62.9 Å². The van der Waals surface area contributed by atoms with Gasteiger partial charge in [0.15, 0.2) is 0 Å². The number of nitrogens with two attached hydrogens (primary N) is 1. The first-order valence-electron chi connectivity index (χ1n) is 28.7. The molecule has 0 radical (unpaired) electrons. The molecule has 0 bridgehead atoms. The number of anilines is 5. The molecule has 10 rings (SSSR count). The van der Waals surface area contributed by atoms with Crippen LogP contribution in [0.5, 0.6) is 0 Å². The lowest BCUT2D eigenvalue weighted by atomic mass is 9.79. The van der Waals surface area contributed by atoms with Crippen molar-refractivity contribution in [2.45, 2.75) is 64.2 Å². The van der Waals surface area contributed by atoms with Gasteiger partial charge in [0.2, 0.25) is 11.8 Å². The van der Waals surface area contributed by atoms with Crippen molar-refractivity contribution in [3.8, 4) is 22.3 Å². The fourth-order valence-corrected chi connectivity index (χ4v) is 11.4. The average molecular weight is 1080 g/mol. The third kappa shape index (κ3) is 14.8. The summed E-state index contributed by atoms with van der Waals surface area (Å²) >= 11 is 0. The number of nitrogens with one attached hydrogen (secondary N) is 4. The third-order valence-electron chi connectivity index (χ3n) is 15.6. The second-order valence-corrected chi connectivity index (χ2v) is 21.1. The largest absolute Gasteiger partial charge is 0.399 e. The zero-order chi connectivity index (χ0) is 56.3. The van der Waals surface area contributed by atoms with Crippen LogP contribution < -0.4 is 36.8 Å². The van der Waals surface area contributed by atoms with Gasteiger partial charge in [-0.15, -0.1) is 0 Å². The topological polar surface area (TPSA) is 149 Å². The summed E-state index contributed by atoms with van der Waals surface area (Å²) in [4.78, 5) is 57.4.